The summed E-state index contributed by atoms with van der Waals surface area (Å²) in [4.78, 5) is 13.1. The van der Waals surface area contributed by atoms with E-state index in [1.54, 1.807) is 6.08 Å². The smallest absolute Gasteiger partial charge is 0.220 e. The average Bonchev–Trinajstić information content (AvgIpc) is 3.31. The minimum atomic E-state index is -1.97. The maximum absolute atomic E-state index is 13.1. The molecule has 3 aliphatic rings. The molecule has 3 aliphatic heterocycles. The van der Waals surface area contributed by atoms with E-state index in [9.17, 15) is 61.0 Å². The maximum Gasteiger partial charge on any atom is 0.220 e. The third kappa shape index (κ3) is 19.4. The van der Waals surface area contributed by atoms with Gasteiger partial charge >= 0.3 is 0 Å². The summed E-state index contributed by atoms with van der Waals surface area (Å²) in [5.74, 6) is -0.282. The first kappa shape index (κ1) is 58.8. The molecule has 12 N–H and O–H groups in total. The highest BCUT2D eigenvalue weighted by Crippen LogP contribution is 2.33. The van der Waals surface area contributed by atoms with Crippen LogP contribution in [0.25, 0.3) is 0 Å². The molecule has 0 saturated carbocycles. The lowest BCUT2D eigenvalue weighted by Crippen LogP contribution is -2.66. The van der Waals surface area contributed by atoms with E-state index < -0.39 is 124 Å². The van der Waals surface area contributed by atoms with E-state index in [1.165, 1.54) is 77.0 Å². The number of nitrogens with one attached hydrogen (secondary N) is 1. The Hall–Kier alpha value is -1.47. The summed E-state index contributed by atoms with van der Waals surface area (Å²) in [6, 6.07) is -0.963. The molecule has 0 aliphatic carbocycles. The zero-order chi connectivity index (χ0) is 48.4. The van der Waals surface area contributed by atoms with Crippen molar-refractivity contribution in [2.45, 2.75) is 253 Å². The van der Waals surface area contributed by atoms with Crippen LogP contribution < -0.4 is 5.32 Å². The van der Waals surface area contributed by atoms with Gasteiger partial charge in [0.15, 0.2) is 18.9 Å². The summed E-state index contributed by atoms with van der Waals surface area (Å²) in [5, 5.41) is 119. The summed E-state index contributed by atoms with van der Waals surface area (Å²) in [5.41, 5.74) is 0. The summed E-state index contributed by atoms with van der Waals surface area (Å²) in [6.07, 6.45) is -0.499. The number of hydrogen-bond donors (Lipinski definition) is 12. The van der Waals surface area contributed by atoms with E-state index in [0.717, 1.165) is 44.9 Å². The van der Waals surface area contributed by atoms with Crippen molar-refractivity contribution in [3.05, 3.63) is 12.2 Å². The Morgan fingerprint density at radius 2 is 0.939 bits per heavy atom. The highest BCUT2D eigenvalue weighted by atomic mass is 16.8. The number of unbranched alkanes of at least 4 members (excludes halogenated alkanes) is 18. The zero-order valence-electron chi connectivity index (χ0n) is 39.4. The first-order valence-corrected chi connectivity index (χ1v) is 24.9. The van der Waals surface area contributed by atoms with Crippen molar-refractivity contribution in [3.8, 4) is 0 Å². The molecule has 3 saturated heterocycles. The van der Waals surface area contributed by atoms with E-state index in [2.05, 4.69) is 19.2 Å². The van der Waals surface area contributed by atoms with Crippen LogP contribution in [0, 0.1) is 0 Å². The molecule has 388 valence electrons. The van der Waals surface area contributed by atoms with Crippen molar-refractivity contribution in [1.29, 1.82) is 0 Å². The molecule has 17 atom stereocenters. The van der Waals surface area contributed by atoms with Crippen LogP contribution >= 0.6 is 0 Å². The van der Waals surface area contributed by atoms with E-state index in [1.807, 2.05) is 6.08 Å². The largest absolute Gasteiger partial charge is 0.394 e. The average molecular weight is 954 g/mol. The van der Waals surface area contributed by atoms with Gasteiger partial charge in [-0.2, -0.15) is 0 Å². The molecule has 0 aromatic heterocycles. The van der Waals surface area contributed by atoms with Gasteiger partial charge in [0.25, 0.3) is 0 Å². The van der Waals surface area contributed by atoms with Crippen LogP contribution in [0.15, 0.2) is 12.2 Å². The Morgan fingerprint density at radius 3 is 1.42 bits per heavy atom. The summed E-state index contributed by atoms with van der Waals surface area (Å²) < 4.78 is 34.0. The van der Waals surface area contributed by atoms with Gasteiger partial charge in [0.05, 0.1) is 38.6 Å². The lowest BCUT2D eigenvalue weighted by Gasteiger charge is -2.48. The highest BCUT2D eigenvalue weighted by molar-refractivity contribution is 5.76. The van der Waals surface area contributed by atoms with Crippen LogP contribution in [0.2, 0.25) is 0 Å². The van der Waals surface area contributed by atoms with Crippen molar-refractivity contribution in [1.82, 2.24) is 5.32 Å². The van der Waals surface area contributed by atoms with Gasteiger partial charge in [-0.3, -0.25) is 4.79 Å². The second-order valence-electron chi connectivity index (χ2n) is 18.3. The number of amides is 1. The molecule has 3 heterocycles. The number of allylic oxidation sites excluding steroid dienone is 1. The van der Waals surface area contributed by atoms with Gasteiger partial charge in [0.2, 0.25) is 5.91 Å². The molecule has 0 bridgehead atoms. The number of aliphatic hydroxyl groups is 11. The van der Waals surface area contributed by atoms with Crippen molar-refractivity contribution in [2.24, 2.45) is 0 Å². The molecule has 0 spiro atoms. The van der Waals surface area contributed by atoms with Crippen molar-refractivity contribution < 1.29 is 89.4 Å². The molecule has 17 unspecified atom stereocenters. The Bertz CT molecular complexity index is 1280. The molecule has 19 heteroatoms. The molecule has 66 heavy (non-hydrogen) atoms. The molecule has 0 aromatic carbocycles. The summed E-state index contributed by atoms with van der Waals surface area (Å²) >= 11 is 0. The highest BCUT2D eigenvalue weighted by Gasteiger charge is 2.53. The zero-order valence-corrected chi connectivity index (χ0v) is 39.4. The van der Waals surface area contributed by atoms with Crippen molar-refractivity contribution in [2.75, 3.05) is 26.4 Å². The molecule has 3 fully saturated rings. The Balaban J connectivity index is 1.58. The van der Waals surface area contributed by atoms with Gasteiger partial charge in [-0.25, -0.2) is 0 Å². The first-order valence-electron chi connectivity index (χ1n) is 24.9. The standard InChI is InChI=1S/C47H87NO18/c1-3-5-7-9-11-13-14-15-17-18-20-22-24-31(52)30(48-35(53)25-23-21-19-16-12-10-8-6-4-2)29-61-45-41(59)38(56)43(33(27-50)63-45)66-47-42(60)39(57)44(34(28-51)64-47)65-46-40(58)37(55)36(54)32(26-49)62-46/h22,24,30-34,36-47,49-52,54-60H,3-21,23,25-29H2,1-2H3,(H,48,53)/b24-22+. The Labute approximate surface area is 391 Å². The second kappa shape index (κ2) is 33.2. The SMILES string of the molecule is CCCCCCCCCCCC/C=C/C(O)C(COC1OC(CO)C(OC2OC(CO)C(OC3OC(CO)C(O)C(O)C3O)C(O)C2O)C(O)C1O)NC(=O)CCCCCCCCCCC. The van der Waals surface area contributed by atoms with E-state index in [0.29, 0.717) is 6.42 Å². The number of ether oxygens (including phenoxy) is 6. The lowest BCUT2D eigenvalue weighted by molar-refractivity contribution is -0.379. The molecule has 0 aromatic rings. The molecule has 19 nitrogen and oxygen atoms in total. The minimum absolute atomic E-state index is 0.246. The molecule has 3 rings (SSSR count). The predicted molar refractivity (Wildman–Crippen MR) is 240 cm³/mol. The van der Waals surface area contributed by atoms with Gasteiger partial charge in [0, 0.05) is 6.42 Å². The number of aliphatic hydroxyl groups excluding tert-OH is 11. The quantitative estimate of drug-likeness (QED) is 0.0317. The first-order chi connectivity index (χ1) is 31.8. The van der Waals surface area contributed by atoms with Crippen LogP contribution in [0.1, 0.15) is 149 Å². The molecule has 0 radical (unpaired) electrons. The van der Waals surface area contributed by atoms with Crippen LogP contribution in [0.5, 0.6) is 0 Å². The number of hydrogen-bond acceptors (Lipinski definition) is 18. The summed E-state index contributed by atoms with van der Waals surface area (Å²) in [7, 11) is 0. The normalized spacial score (nSPS) is 33.9. The fourth-order valence-electron chi connectivity index (χ4n) is 8.60. The fourth-order valence-corrected chi connectivity index (χ4v) is 8.60. The van der Waals surface area contributed by atoms with Crippen molar-refractivity contribution >= 4 is 5.91 Å². The second-order valence-corrected chi connectivity index (χ2v) is 18.3. The van der Waals surface area contributed by atoms with Crippen LogP contribution in [-0.2, 0) is 33.2 Å². The Kier molecular flexibility index (Phi) is 29.6. The van der Waals surface area contributed by atoms with Gasteiger partial charge in [-0.15, -0.1) is 0 Å². The van der Waals surface area contributed by atoms with E-state index in [4.69, 9.17) is 28.4 Å². The molecular weight excluding hydrogens is 867 g/mol. The Morgan fingerprint density at radius 1 is 0.530 bits per heavy atom. The third-order valence-corrected chi connectivity index (χ3v) is 12.8. The topological polar surface area (TPSA) is 307 Å². The van der Waals surface area contributed by atoms with E-state index in [-0.39, 0.29) is 18.9 Å². The number of carbonyl (C=O) groups excluding carboxylic acids is 1. The van der Waals surface area contributed by atoms with Crippen LogP contribution in [0.4, 0.5) is 0 Å². The van der Waals surface area contributed by atoms with Gasteiger partial charge in [-0.1, -0.05) is 135 Å². The summed E-state index contributed by atoms with van der Waals surface area (Å²) in [6.45, 7) is 1.64. The molecule has 1 amide bonds. The predicted octanol–water partition coefficient (Wildman–Crippen LogP) is 1.09. The fraction of sp³-hybridized carbons (Fsp3) is 0.936. The van der Waals surface area contributed by atoms with Crippen LogP contribution in [-0.4, -0.2) is 193 Å². The van der Waals surface area contributed by atoms with Gasteiger partial charge < -0.3 is 89.9 Å². The van der Waals surface area contributed by atoms with Gasteiger partial charge in [0.1, 0.15) is 73.2 Å². The number of carbonyl (C=O) groups is 1. The molecular formula is C47H87NO18. The third-order valence-electron chi connectivity index (χ3n) is 12.8. The van der Waals surface area contributed by atoms with Gasteiger partial charge in [-0.05, 0) is 19.3 Å². The van der Waals surface area contributed by atoms with Crippen molar-refractivity contribution in [3.63, 3.8) is 0 Å². The van der Waals surface area contributed by atoms with Crippen LogP contribution in [0.3, 0.4) is 0 Å². The number of rotatable bonds is 34. The van der Waals surface area contributed by atoms with E-state index >= 15 is 0 Å². The monoisotopic (exact) mass is 954 g/mol. The maximum atomic E-state index is 13.1. The lowest BCUT2D eigenvalue weighted by atomic mass is 9.96. The minimum Gasteiger partial charge on any atom is -0.394 e.